The summed E-state index contributed by atoms with van der Waals surface area (Å²) in [6.45, 7) is 2.16. The Morgan fingerprint density at radius 2 is 1.79 bits per heavy atom. The zero-order valence-corrected chi connectivity index (χ0v) is 16.1. The highest BCUT2D eigenvalue weighted by Gasteiger charge is 2.23. The third-order valence-corrected chi connectivity index (χ3v) is 5.21. The molecule has 0 fully saturated rings. The summed E-state index contributed by atoms with van der Waals surface area (Å²) < 4.78 is 2.25. The van der Waals surface area contributed by atoms with Gasteiger partial charge in [-0.15, -0.1) is 0 Å². The minimum Gasteiger partial charge on any atom is -0.340 e. The molecule has 0 bridgehead atoms. The van der Waals surface area contributed by atoms with Crippen molar-refractivity contribution in [3.8, 4) is 11.4 Å². The number of H-pyrrole nitrogens is 1. The Bertz CT molecular complexity index is 1250. The summed E-state index contributed by atoms with van der Waals surface area (Å²) in [5, 5.41) is 0.452. The Kier molecular flexibility index (Phi) is 4.10. The highest BCUT2D eigenvalue weighted by Crippen LogP contribution is 2.33. The molecule has 28 heavy (non-hydrogen) atoms. The maximum Gasteiger partial charge on any atom is 0.141 e. The van der Waals surface area contributed by atoms with Gasteiger partial charge in [-0.2, -0.15) is 0 Å². The third kappa shape index (κ3) is 2.75. The van der Waals surface area contributed by atoms with Crippen molar-refractivity contribution < 1.29 is 0 Å². The molecule has 3 aromatic heterocycles. The molecule has 1 N–H and O–H groups in total. The van der Waals surface area contributed by atoms with Crippen molar-refractivity contribution in [1.82, 2.24) is 24.5 Å². The normalized spacial score (nSPS) is 12.6. The van der Waals surface area contributed by atoms with E-state index < -0.39 is 0 Å². The summed E-state index contributed by atoms with van der Waals surface area (Å²) in [6.07, 6.45) is 2.58. The lowest BCUT2D eigenvalue weighted by Gasteiger charge is -2.19. The lowest BCUT2D eigenvalue weighted by Crippen LogP contribution is -2.13. The van der Waals surface area contributed by atoms with Crippen LogP contribution in [-0.2, 0) is 0 Å². The number of halogens is 1. The van der Waals surface area contributed by atoms with E-state index in [9.17, 15) is 0 Å². The van der Waals surface area contributed by atoms with Crippen molar-refractivity contribution in [3.05, 3.63) is 77.8 Å². The first-order valence-electron chi connectivity index (χ1n) is 9.28. The van der Waals surface area contributed by atoms with E-state index in [-0.39, 0.29) is 6.04 Å². The molecule has 0 saturated heterocycles. The van der Waals surface area contributed by atoms with Crippen LogP contribution in [0.3, 0.4) is 0 Å². The van der Waals surface area contributed by atoms with Gasteiger partial charge in [0.15, 0.2) is 0 Å². The number of aromatic amines is 1. The highest BCUT2D eigenvalue weighted by molar-refractivity contribution is 6.29. The molecule has 6 heteroatoms. The molecular weight excluding hydrogens is 370 g/mol. The molecule has 0 spiro atoms. The van der Waals surface area contributed by atoms with Crippen LogP contribution >= 0.6 is 11.6 Å². The fraction of sp³-hybridized carbons (Fsp3) is 0.136. The lowest BCUT2D eigenvalue weighted by molar-refractivity contribution is 0.560. The number of pyridine rings is 1. The average Bonchev–Trinajstić information content (AvgIpc) is 3.31. The van der Waals surface area contributed by atoms with Crippen LogP contribution in [0, 0.1) is 0 Å². The number of hydrogen-bond donors (Lipinski definition) is 1. The number of imidazole rings is 2. The van der Waals surface area contributed by atoms with E-state index in [1.165, 1.54) is 0 Å². The zero-order chi connectivity index (χ0) is 19.1. The van der Waals surface area contributed by atoms with Crippen molar-refractivity contribution in [1.29, 1.82) is 0 Å². The summed E-state index contributed by atoms with van der Waals surface area (Å²) in [7, 11) is 0. The van der Waals surface area contributed by atoms with E-state index in [2.05, 4.69) is 27.5 Å². The molecule has 5 rings (SSSR count). The smallest absolute Gasteiger partial charge is 0.141 e. The highest BCUT2D eigenvalue weighted by atomic mass is 35.5. The monoisotopic (exact) mass is 387 g/mol. The fourth-order valence-corrected chi connectivity index (χ4v) is 3.91. The predicted molar refractivity (Wildman–Crippen MR) is 112 cm³/mol. The standard InChI is InChI=1S/C22H18ClN5/c1-2-18(21-25-15-7-3-4-8-16(15)26-21)28-19-10-6-5-9-17(19)27-22(28)14-11-12-24-20(23)13-14/h3-13,18H,2H2,1H3,(H,25,26). The molecule has 1 unspecified atom stereocenters. The van der Waals surface area contributed by atoms with Crippen LogP contribution in [0.15, 0.2) is 66.9 Å². The van der Waals surface area contributed by atoms with E-state index in [1.807, 2.05) is 54.6 Å². The summed E-state index contributed by atoms with van der Waals surface area (Å²) in [4.78, 5) is 17.4. The van der Waals surface area contributed by atoms with Gasteiger partial charge in [0.1, 0.15) is 16.8 Å². The number of benzene rings is 2. The second-order valence-corrected chi connectivity index (χ2v) is 7.11. The lowest BCUT2D eigenvalue weighted by atomic mass is 10.1. The first kappa shape index (κ1) is 17.0. The molecule has 3 heterocycles. The van der Waals surface area contributed by atoms with Crippen molar-refractivity contribution in [2.45, 2.75) is 19.4 Å². The summed E-state index contributed by atoms with van der Waals surface area (Å²) in [5.41, 5.74) is 4.95. The molecule has 5 aromatic rings. The van der Waals surface area contributed by atoms with Gasteiger partial charge in [-0.05, 0) is 42.8 Å². The maximum atomic E-state index is 6.16. The van der Waals surface area contributed by atoms with Crippen molar-refractivity contribution in [2.24, 2.45) is 0 Å². The topological polar surface area (TPSA) is 59.4 Å². The van der Waals surface area contributed by atoms with Crippen molar-refractivity contribution in [2.75, 3.05) is 0 Å². The van der Waals surface area contributed by atoms with Gasteiger partial charge < -0.3 is 9.55 Å². The zero-order valence-electron chi connectivity index (χ0n) is 15.3. The molecule has 0 radical (unpaired) electrons. The first-order chi connectivity index (χ1) is 13.7. The van der Waals surface area contributed by atoms with E-state index in [0.717, 1.165) is 45.7 Å². The first-order valence-corrected chi connectivity index (χ1v) is 9.66. The molecule has 0 aliphatic carbocycles. The van der Waals surface area contributed by atoms with Gasteiger partial charge in [0, 0.05) is 11.8 Å². The van der Waals surface area contributed by atoms with Crippen LogP contribution in [0.2, 0.25) is 5.15 Å². The largest absolute Gasteiger partial charge is 0.340 e. The minimum atomic E-state index is 0.0155. The Hall–Kier alpha value is -3.18. The molecule has 5 nitrogen and oxygen atoms in total. The number of fused-ring (bicyclic) bond motifs is 2. The Morgan fingerprint density at radius 1 is 1.00 bits per heavy atom. The number of nitrogens with one attached hydrogen (secondary N) is 1. The van der Waals surface area contributed by atoms with Crippen LogP contribution in [0.1, 0.15) is 25.2 Å². The summed E-state index contributed by atoms with van der Waals surface area (Å²) >= 11 is 6.16. The van der Waals surface area contributed by atoms with E-state index in [0.29, 0.717) is 5.15 Å². The summed E-state index contributed by atoms with van der Waals surface area (Å²) in [6, 6.07) is 20.1. The molecule has 138 valence electrons. The Labute approximate surface area is 167 Å². The van der Waals surface area contributed by atoms with Gasteiger partial charge in [0.05, 0.1) is 28.1 Å². The van der Waals surface area contributed by atoms with E-state index in [4.69, 9.17) is 21.6 Å². The van der Waals surface area contributed by atoms with Gasteiger partial charge in [0.2, 0.25) is 0 Å². The molecule has 1 atom stereocenters. The summed E-state index contributed by atoms with van der Waals surface area (Å²) in [5.74, 6) is 1.78. The number of para-hydroxylation sites is 4. The van der Waals surface area contributed by atoms with Crippen molar-refractivity contribution >= 4 is 33.7 Å². The Balaban J connectivity index is 1.77. The van der Waals surface area contributed by atoms with Gasteiger partial charge in [0.25, 0.3) is 0 Å². The number of nitrogens with zero attached hydrogens (tertiary/aromatic N) is 4. The molecular formula is C22H18ClN5. The predicted octanol–water partition coefficient (Wildman–Crippen LogP) is 5.63. The van der Waals surface area contributed by atoms with E-state index >= 15 is 0 Å². The molecule has 0 amide bonds. The quantitative estimate of drug-likeness (QED) is 0.407. The third-order valence-electron chi connectivity index (χ3n) is 5.00. The van der Waals surface area contributed by atoms with Crippen LogP contribution in [0.4, 0.5) is 0 Å². The SMILES string of the molecule is CCC(c1nc2ccccc2[nH]1)n1c(-c2ccnc(Cl)c2)nc2ccccc21. The van der Waals surface area contributed by atoms with Gasteiger partial charge in [-0.1, -0.05) is 42.8 Å². The van der Waals surface area contributed by atoms with E-state index in [1.54, 1.807) is 6.20 Å². The average molecular weight is 388 g/mol. The van der Waals surface area contributed by atoms with Gasteiger partial charge in [-0.25, -0.2) is 15.0 Å². The van der Waals surface area contributed by atoms with Gasteiger partial charge in [-0.3, -0.25) is 0 Å². The molecule has 0 saturated carbocycles. The second kappa shape index (κ2) is 6.77. The second-order valence-electron chi connectivity index (χ2n) is 6.72. The number of rotatable bonds is 4. The Morgan fingerprint density at radius 3 is 2.57 bits per heavy atom. The molecule has 0 aliphatic rings. The molecule has 2 aromatic carbocycles. The fourth-order valence-electron chi connectivity index (χ4n) is 3.73. The maximum absolute atomic E-state index is 6.16. The van der Waals surface area contributed by atoms with Gasteiger partial charge >= 0.3 is 0 Å². The number of aromatic nitrogens is 5. The van der Waals surface area contributed by atoms with Crippen LogP contribution in [0.5, 0.6) is 0 Å². The van der Waals surface area contributed by atoms with Crippen LogP contribution < -0.4 is 0 Å². The van der Waals surface area contributed by atoms with Crippen LogP contribution in [-0.4, -0.2) is 24.5 Å². The van der Waals surface area contributed by atoms with Crippen molar-refractivity contribution in [3.63, 3.8) is 0 Å². The number of hydrogen-bond acceptors (Lipinski definition) is 3. The van der Waals surface area contributed by atoms with Crippen LogP contribution in [0.25, 0.3) is 33.5 Å². The molecule has 0 aliphatic heterocycles. The minimum absolute atomic E-state index is 0.0155.